The second-order valence-electron chi connectivity index (χ2n) is 7.99. The molecule has 0 amide bonds. The summed E-state index contributed by atoms with van der Waals surface area (Å²) in [6.45, 7) is 2.32. The monoisotopic (exact) mass is 448 g/mol. The van der Waals surface area contributed by atoms with Gasteiger partial charge in [0.15, 0.2) is 12.4 Å². The van der Waals surface area contributed by atoms with E-state index in [1.807, 2.05) is 66.7 Å². The summed E-state index contributed by atoms with van der Waals surface area (Å²) in [5, 5.41) is 10.7. The number of rotatable bonds is 8. The van der Waals surface area contributed by atoms with Crippen LogP contribution in [0.1, 0.15) is 28.4 Å². The molecule has 0 aliphatic carbocycles. The Morgan fingerprint density at radius 1 is 0.758 bits per heavy atom. The molecule has 0 aromatic heterocycles. The zero-order valence-corrected chi connectivity index (χ0v) is 18.4. The van der Waals surface area contributed by atoms with Crippen LogP contribution in [0, 0.1) is 0 Å². The Labute approximate surface area is 193 Å². The van der Waals surface area contributed by atoms with E-state index < -0.39 is 36.7 Å². The lowest BCUT2D eigenvalue weighted by molar-refractivity contribution is -0.298. The zero-order chi connectivity index (χ0) is 23.0. The van der Waals surface area contributed by atoms with Gasteiger partial charge in [-0.25, -0.2) is 4.79 Å². The highest BCUT2D eigenvalue weighted by molar-refractivity contribution is 5.89. The molecule has 5 atom stereocenters. The summed E-state index contributed by atoms with van der Waals surface area (Å²) < 4.78 is 23.8. The van der Waals surface area contributed by atoms with Crippen molar-refractivity contribution in [1.82, 2.24) is 0 Å². The van der Waals surface area contributed by atoms with Crippen LogP contribution in [-0.2, 0) is 32.2 Å². The highest BCUT2D eigenvalue weighted by atomic mass is 16.7. The van der Waals surface area contributed by atoms with E-state index in [2.05, 4.69) is 0 Å². The minimum atomic E-state index is -1.27. The number of ether oxygens (including phenoxy) is 4. The van der Waals surface area contributed by atoms with Crippen LogP contribution in [-0.4, -0.2) is 41.8 Å². The molecule has 1 fully saturated rings. The molecular formula is C27H28O6. The number of esters is 1. The first kappa shape index (κ1) is 23.1. The second kappa shape index (κ2) is 11.2. The summed E-state index contributed by atoms with van der Waals surface area (Å²) >= 11 is 0. The first-order valence-corrected chi connectivity index (χ1v) is 11.0. The van der Waals surface area contributed by atoms with E-state index in [1.165, 1.54) is 0 Å². The molecule has 3 aromatic carbocycles. The number of carbonyl (C=O) groups excluding carboxylic acids is 1. The van der Waals surface area contributed by atoms with Gasteiger partial charge in [0.05, 0.1) is 24.9 Å². The molecule has 0 unspecified atom stereocenters. The lowest BCUT2D eigenvalue weighted by atomic mass is 9.98. The normalized spacial score (nSPS) is 24.8. The average Bonchev–Trinajstić information content (AvgIpc) is 2.85. The maximum Gasteiger partial charge on any atom is 0.338 e. The Morgan fingerprint density at radius 3 is 1.79 bits per heavy atom. The van der Waals surface area contributed by atoms with Gasteiger partial charge in [0.1, 0.15) is 12.2 Å². The maximum absolute atomic E-state index is 12.9. The summed E-state index contributed by atoms with van der Waals surface area (Å²) in [6.07, 6.45) is -4.22. The fraction of sp³-hybridized carbons (Fsp3) is 0.296. The molecule has 1 aliphatic rings. The van der Waals surface area contributed by atoms with Gasteiger partial charge in [-0.05, 0) is 30.2 Å². The van der Waals surface area contributed by atoms with Gasteiger partial charge in [-0.2, -0.15) is 0 Å². The standard InChI is InChI=1S/C27H28O6/c1-19-23(30-17-20-11-5-2-6-12-20)24(33-26(28)22-15-9-4-10-16-22)25(27(29)32-19)31-18-21-13-7-3-8-14-21/h2-16,19,23-25,27,29H,17-18H2,1H3/t19-,23+,24+,25-,27+/m0/s1. The molecule has 172 valence electrons. The van der Waals surface area contributed by atoms with Crippen molar-refractivity contribution < 1.29 is 28.8 Å². The molecule has 4 rings (SSSR count). The van der Waals surface area contributed by atoms with Crippen molar-refractivity contribution in [2.45, 2.75) is 50.8 Å². The van der Waals surface area contributed by atoms with Gasteiger partial charge in [0.2, 0.25) is 0 Å². The molecule has 0 radical (unpaired) electrons. The number of aliphatic hydroxyl groups is 1. The highest BCUT2D eigenvalue weighted by Gasteiger charge is 2.47. The Morgan fingerprint density at radius 2 is 1.24 bits per heavy atom. The molecule has 6 nitrogen and oxygen atoms in total. The Bertz CT molecular complexity index is 939. The average molecular weight is 449 g/mol. The van der Waals surface area contributed by atoms with Crippen molar-refractivity contribution in [2.75, 3.05) is 0 Å². The third-order valence-electron chi connectivity index (χ3n) is 5.57. The Kier molecular flexibility index (Phi) is 7.86. The van der Waals surface area contributed by atoms with Crippen LogP contribution in [0.2, 0.25) is 0 Å². The van der Waals surface area contributed by atoms with E-state index in [0.717, 1.165) is 11.1 Å². The first-order valence-electron chi connectivity index (χ1n) is 11.0. The maximum atomic E-state index is 12.9. The van der Waals surface area contributed by atoms with Crippen LogP contribution in [0.3, 0.4) is 0 Å². The quantitative estimate of drug-likeness (QED) is 0.523. The molecule has 0 saturated carbocycles. The Balaban J connectivity index is 1.55. The van der Waals surface area contributed by atoms with Gasteiger partial charge in [0.25, 0.3) is 0 Å². The highest BCUT2D eigenvalue weighted by Crippen LogP contribution is 2.29. The van der Waals surface area contributed by atoms with Crippen LogP contribution in [0.4, 0.5) is 0 Å². The fourth-order valence-corrected chi connectivity index (χ4v) is 3.83. The first-order chi connectivity index (χ1) is 16.1. The van der Waals surface area contributed by atoms with Crippen LogP contribution in [0.25, 0.3) is 0 Å². The van der Waals surface area contributed by atoms with Gasteiger partial charge in [-0.3, -0.25) is 0 Å². The summed E-state index contributed by atoms with van der Waals surface area (Å²) in [7, 11) is 0. The van der Waals surface area contributed by atoms with Crippen molar-refractivity contribution in [3.8, 4) is 0 Å². The van der Waals surface area contributed by atoms with Crippen molar-refractivity contribution in [1.29, 1.82) is 0 Å². The molecule has 1 aliphatic heterocycles. The largest absolute Gasteiger partial charge is 0.453 e. The number of carbonyl (C=O) groups is 1. The van der Waals surface area contributed by atoms with Crippen molar-refractivity contribution in [2.24, 2.45) is 0 Å². The molecule has 3 aromatic rings. The molecule has 1 heterocycles. The zero-order valence-electron chi connectivity index (χ0n) is 18.4. The number of benzene rings is 3. The smallest absolute Gasteiger partial charge is 0.338 e. The predicted molar refractivity (Wildman–Crippen MR) is 122 cm³/mol. The molecule has 33 heavy (non-hydrogen) atoms. The lowest BCUT2D eigenvalue weighted by Gasteiger charge is -2.43. The van der Waals surface area contributed by atoms with Crippen LogP contribution in [0.5, 0.6) is 0 Å². The molecular weight excluding hydrogens is 420 g/mol. The molecule has 0 bridgehead atoms. The van der Waals surface area contributed by atoms with E-state index in [9.17, 15) is 9.90 Å². The lowest BCUT2D eigenvalue weighted by Crippen LogP contribution is -2.59. The molecule has 1 N–H and O–H groups in total. The Hall–Kier alpha value is -3.03. The van der Waals surface area contributed by atoms with Gasteiger partial charge in [-0.15, -0.1) is 0 Å². The predicted octanol–water partition coefficient (Wildman–Crippen LogP) is 4.12. The minimum Gasteiger partial charge on any atom is -0.453 e. The molecule has 0 spiro atoms. The van der Waals surface area contributed by atoms with Gasteiger partial charge >= 0.3 is 5.97 Å². The summed E-state index contributed by atoms with van der Waals surface area (Å²) in [5.74, 6) is -0.511. The third kappa shape index (κ3) is 6.06. The van der Waals surface area contributed by atoms with Crippen molar-refractivity contribution in [3.05, 3.63) is 108 Å². The summed E-state index contributed by atoms with van der Waals surface area (Å²) in [6, 6.07) is 28.0. The third-order valence-corrected chi connectivity index (χ3v) is 5.57. The summed E-state index contributed by atoms with van der Waals surface area (Å²) in [4.78, 5) is 12.9. The van der Waals surface area contributed by atoms with E-state index in [0.29, 0.717) is 12.2 Å². The van der Waals surface area contributed by atoms with Crippen LogP contribution < -0.4 is 0 Å². The molecule has 6 heteroatoms. The second-order valence-corrected chi connectivity index (χ2v) is 7.99. The van der Waals surface area contributed by atoms with Crippen LogP contribution in [0.15, 0.2) is 91.0 Å². The number of hydrogen-bond acceptors (Lipinski definition) is 6. The SMILES string of the molecule is C[C@@H]1O[C@@H](O)[C@@H](OCc2ccccc2)[C@H](OC(=O)c2ccccc2)[C@@H]1OCc1ccccc1. The van der Waals surface area contributed by atoms with Crippen molar-refractivity contribution >= 4 is 5.97 Å². The number of hydrogen-bond donors (Lipinski definition) is 1. The van der Waals surface area contributed by atoms with E-state index in [1.54, 1.807) is 31.2 Å². The number of aliphatic hydroxyl groups excluding tert-OH is 1. The molecule has 1 saturated heterocycles. The van der Waals surface area contributed by atoms with Gasteiger partial charge in [-0.1, -0.05) is 78.9 Å². The van der Waals surface area contributed by atoms with E-state index in [-0.39, 0.29) is 6.61 Å². The van der Waals surface area contributed by atoms with E-state index >= 15 is 0 Å². The topological polar surface area (TPSA) is 74.2 Å². The van der Waals surface area contributed by atoms with Crippen molar-refractivity contribution in [3.63, 3.8) is 0 Å². The fourth-order valence-electron chi connectivity index (χ4n) is 3.83. The summed E-state index contributed by atoms with van der Waals surface area (Å²) in [5.41, 5.74) is 2.32. The van der Waals surface area contributed by atoms with Gasteiger partial charge in [0, 0.05) is 0 Å². The van der Waals surface area contributed by atoms with E-state index in [4.69, 9.17) is 18.9 Å². The van der Waals surface area contributed by atoms with Gasteiger partial charge < -0.3 is 24.1 Å². The minimum absolute atomic E-state index is 0.227. The van der Waals surface area contributed by atoms with Crippen LogP contribution >= 0.6 is 0 Å².